The monoisotopic (exact) mass is 151 g/mol. The highest BCUT2D eigenvalue weighted by Gasteiger charge is 2.52. The van der Waals surface area contributed by atoms with Gasteiger partial charge in [-0.05, 0) is 49.4 Å². The second-order valence-electron chi connectivity index (χ2n) is 4.82. The van der Waals surface area contributed by atoms with Crippen LogP contribution in [0.4, 0.5) is 0 Å². The average Bonchev–Trinajstić information content (AvgIpc) is 2.52. The highest BCUT2D eigenvalue weighted by atomic mass is 14.7. The third kappa shape index (κ3) is 0.703. The van der Waals surface area contributed by atoms with E-state index in [2.05, 4.69) is 0 Å². The van der Waals surface area contributed by atoms with E-state index in [1.54, 1.807) is 0 Å². The van der Waals surface area contributed by atoms with Crippen LogP contribution in [0.3, 0.4) is 0 Å². The fraction of sp³-hybridized carbons (Fsp3) is 1.00. The molecule has 0 amide bonds. The Bertz CT molecular complexity index is 178. The summed E-state index contributed by atoms with van der Waals surface area (Å²) in [6.45, 7) is 0. The Labute approximate surface area is 68.3 Å². The summed E-state index contributed by atoms with van der Waals surface area (Å²) in [6, 6.07) is 0.583. The Kier molecular flexibility index (Phi) is 1.18. The molecular formula is C10H17N. The van der Waals surface area contributed by atoms with Crippen molar-refractivity contribution in [2.24, 2.45) is 29.4 Å². The van der Waals surface area contributed by atoms with Crippen LogP contribution < -0.4 is 5.73 Å². The zero-order valence-corrected chi connectivity index (χ0v) is 7.00. The Morgan fingerprint density at radius 1 is 0.909 bits per heavy atom. The molecule has 0 aromatic rings. The summed E-state index contributed by atoms with van der Waals surface area (Å²) in [5.74, 6) is 4.15. The van der Waals surface area contributed by atoms with Gasteiger partial charge in [0, 0.05) is 6.04 Å². The van der Waals surface area contributed by atoms with Gasteiger partial charge >= 0.3 is 0 Å². The fourth-order valence-corrected chi connectivity index (χ4v) is 4.12. The predicted octanol–water partition coefficient (Wildman–Crippen LogP) is 1.77. The lowest BCUT2D eigenvalue weighted by Crippen LogP contribution is -2.34. The van der Waals surface area contributed by atoms with Gasteiger partial charge in [0.1, 0.15) is 0 Å². The molecule has 0 aliphatic heterocycles. The average molecular weight is 151 g/mol. The first-order valence-electron chi connectivity index (χ1n) is 5.12. The number of rotatable bonds is 0. The molecule has 62 valence electrons. The maximum atomic E-state index is 6.08. The molecular weight excluding hydrogens is 134 g/mol. The summed E-state index contributed by atoms with van der Waals surface area (Å²) in [7, 11) is 0. The van der Waals surface area contributed by atoms with Crippen LogP contribution in [0.5, 0.6) is 0 Å². The zero-order chi connectivity index (χ0) is 7.42. The Morgan fingerprint density at radius 2 is 1.73 bits per heavy atom. The molecule has 3 rings (SSSR count). The van der Waals surface area contributed by atoms with Gasteiger partial charge in [-0.2, -0.15) is 0 Å². The molecule has 2 bridgehead atoms. The molecule has 0 heterocycles. The molecule has 1 heteroatoms. The third-order valence-corrected chi connectivity index (χ3v) is 4.48. The van der Waals surface area contributed by atoms with E-state index in [0.29, 0.717) is 6.04 Å². The molecule has 3 fully saturated rings. The topological polar surface area (TPSA) is 26.0 Å². The van der Waals surface area contributed by atoms with Crippen molar-refractivity contribution in [3.8, 4) is 0 Å². The number of fused-ring (bicyclic) bond motifs is 5. The maximum absolute atomic E-state index is 6.08. The van der Waals surface area contributed by atoms with Crippen LogP contribution in [0.25, 0.3) is 0 Å². The van der Waals surface area contributed by atoms with E-state index in [4.69, 9.17) is 5.73 Å². The molecule has 0 radical (unpaired) electrons. The van der Waals surface area contributed by atoms with Crippen molar-refractivity contribution < 1.29 is 0 Å². The molecule has 1 nitrogen and oxygen atoms in total. The minimum Gasteiger partial charge on any atom is -0.327 e. The van der Waals surface area contributed by atoms with Crippen molar-refractivity contribution in [1.82, 2.24) is 0 Å². The Hall–Kier alpha value is -0.0400. The van der Waals surface area contributed by atoms with Crippen molar-refractivity contribution in [3.05, 3.63) is 0 Å². The van der Waals surface area contributed by atoms with Crippen molar-refractivity contribution in [3.63, 3.8) is 0 Å². The second kappa shape index (κ2) is 2.01. The van der Waals surface area contributed by atoms with Crippen LogP contribution in [0.15, 0.2) is 0 Å². The molecule has 11 heavy (non-hydrogen) atoms. The smallest absolute Gasteiger partial charge is 0.00727 e. The molecule has 3 saturated carbocycles. The summed E-state index contributed by atoms with van der Waals surface area (Å²) < 4.78 is 0. The maximum Gasteiger partial charge on any atom is 0.00727 e. The van der Waals surface area contributed by atoms with Gasteiger partial charge in [-0.25, -0.2) is 0 Å². The summed E-state index contributed by atoms with van der Waals surface area (Å²) in [5, 5.41) is 0. The summed E-state index contributed by atoms with van der Waals surface area (Å²) in [5.41, 5.74) is 6.08. The van der Waals surface area contributed by atoms with E-state index in [9.17, 15) is 0 Å². The van der Waals surface area contributed by atoms with Gasteiger partial charge in [0.25, 0.3) is 0 Å². The van der Waals surface area contributed by atoms with Crippen molar-refractivity contribution in [2.75, 3.05) is 0 Å². The summed E-state index contributed by atoms with van der Waals surface area (Å²) in [4.78, 5) is 0. The van der Waals surface area contributed by atoms with Crippen molar-refractivity contribution in [2.45, 2.75) is 38.1 Å². The Balaban J connectivity index is 1.90. The molecule has 5 atom stereocenters. The minimum absolute atomic E-state index is 0.583. The van der Waals surface area contributed by atoms with E-state index in [1.807, 2.05) is 0 Å². The van der Waals surface area contributed by atoms with Gasteiger partial charge in [0.05, 0.1) is 0 Å². The van der Waals surface area contributed by atoms with E-state index in [0.717, 1.165) is 23.7 Å². The quantitative estimate of drug-likeness (QED) is 0.561. The van der Waals surface area contributed by atoms with Crippen LogP contribution in [0.2, 0.25) is 0 Å². The van der Waals surface area contributed by atoms with Crippen LogP contribution in [-0.4, -0.2) is 6.04 Å². The predicted molar refractivity (Wildman–Crippen MR) is 45.0 cm³/mol. The van der Waals surface area contributed by atoms with Crippen molar-refractivity contribution in [1.29, 1.82) is 0 Å². The van der Waals surface area contributed by atoms with Crippen LogP contribution in [-0.2, 0) is 0 Å². The van der Waals surface area contributed by atoms with Gasteiger partial charge in [-0.1, -0.05) is 6.42 Å². The largest absolute Gasteiger partial charge is 0.327 e. The summed E-state index contributed by atoms with van der Waals surface area (Å²) >= 11 is 0. The summed E-state index contributed by atoms with van der Waals surface area (Å²) in [6.07, 6.45) is 7.36. The van der Waals surface area contributed by atoms with E-state index in [1.165, 1.54) is 32.1 Å². The second-order valence-corrected chi connectivity index (χ2v) is 4.82. The molecule has 0 aromatic heterocycles. The lowest BCUT2D eigenvalue weighted by atomic mass is 9.79. The normalized spacial score (nSPS) is 60.3. The number of hydrogen-bond donors (Lipinski definition) is 1. The first-order valence-corrected chi connectivity index (χ1v) is 5.12. The molecule has 3 aliphatic carbocycles. The lowest BCUT2D eigenvalue weighted by Gasteiger charge is -2.28. The van der Waals surface area contributed by atoms with Crippen molar-refractivity contribution >= 4 is 0 Å². The first-order chi connectivity index (χ1) is 5.36. The van der Waals surface area contributed by atoms with Gasteiger partial charge in [-0.15, -0.1) is 0 Å². The first kappa shape index (κ1) is 6.47. The molecule has 0 aromatic carbocycles. The number of nitrogens with two attached hydrogens (primary N) is 1. The highest BCUT2D eigenvalue weighted by Crippen LogP contribution is 2.58. The van der Waals surface area contributed by atoms with Crippen LogP contribution in [0.1, 0.15) is 32.1 Å². The standard InChI is InChI=1S/C10H17N/c11-10-5-6-4-9(10)8-3-1-2-7(6)8/h6-10H,1-5,11H2/t6-,7+,8-,9+,10+/m1/s1. The lowest BCUT2D eigenvalue weighted by molar-refractivity contribution is 0.234. The van der Waals surface area contributed by atoms with E-state index >= 15 is 0 Å². The van der Waals surface area contributed by atoms with Crippen LogP contribution >= 0.6 is 0 Å². The molecule has 0 spiro atoms. The highest BCUT2D eigenvalue weighted by molar-refractivity contribution is 5.04. The SMILES string of the molecule is N[C@H]1C[C@H]2C[C@H]1[C@@H]1CCC[C@@H]21. The molecule has 0 unspecified atom stereocenters. The molecule has 0 saturated heterocycles. The van der Waals surface area contributed by atoms with Crippen LogP contribution in [0, 0.1) is 23.7 Å². The number of hydrogen-bond acceptors (Lipinski definition) is 1. The Morgan fingerprint density at radius 3 is 2.64 bits per heavy atom. The zero-order valence-electron chi connectivity index (χ0n) is 7.00. The van der Waals surface area contributed by atoms with E-state index in [-0.39, 0.29) is 0 Å². The fourth-order valence-electron chi connectivity index (χ4n) is 4.12. The van der Waals surface area contributed by atoms with Gasteiger partial charge in [-0.3, -0.25) is 0 Å². The minimum atomic E-state index is 0.583. The van der Waals surface area contributed by atoms with Gasteiger partial charge in [0.15, 0.2) is 0 Å². The molecule has 2 N–H and O–H groups in total. The van der Waals surface area contributed by atoms with Gasteiger partial charge in [0.2, 0.25) is 0 Å². The van der Waals surface area contributed by atoms with E-state index < -0.39 is 0 Å². The third-order valence-electron chi connectivity index (χ3n) is 4.48. The molecule has 3 aliphatic rings. The van der Waals surface area contributed by atoms with Gasteiger partial charge < -0.3 is 5.73 Å².